The Morgan fingerprint density at radius 2 is 1.72 bits per heavy atom. The first-order valence-electron chi connectivity index (χ1n) is 14.9. The summed E-state index contributed by atoms with van der Waals surface area (Å²) >= 11 is 0. The van der Waals surface area contributed by atoms with Gasteiger partial charge < -0.3 is 9.32 Å². The second-order valence-electron chi connectivity index (χ2n) is 11.3. The molecule has 5 heteroatoms. The molecule has 9 rings (SSSR count). The molecule has 0 radical (unpaired) electrons. The first kappa shape index (κ1) is 24.2. The zero-order valence-electron chi connectivity index (χ0n) is 23.5. The molecule has 3 aromatic carbocycles. The highest BCUT2D eigenvalue weighted by molar-refractivity contribution is 6.03. The molecule has 0 bridgehead atoms. The number of benzene rings is 3. The van der Waals surface area contributed by atoms with E-state index in [9.17, 15) is 0 Å². The Bertz CT molecular complexity index is 2160. The molecule has 0 spiro atoms. The second-order valence-corrected chi connectivity index (χ2v) is 11.3. The monoisotopic (exact) mass is 556 g/mol. The number of fused-ring (bicyclic) bond motifs is 8. The van der Waals surface area contributed by atoms with Gasteiger partial charge in [0.25, 0.3) is 0 Å². The topological polar surface area (TPSA) is 47.1 Å². The Morgan fingerprint density at radius 3 is 2.63 bits per heavy atom. The summed E-state index contributed by atoms with van der Waals surface area (Å²) in [6.07, 6.45) is 21.6. The van der Waals surface area contributed by atoms with Crippen LogP contribution in [-0.2, 0) is 0 Å². The fraction of sp³-hybridized carbons (Fsp3) is 0.105. The number of anilines is 2. The van der Waals surface area contributed by atoms with E-state index in [2.05, 4.69) is 130 Å². The number of para-hydroxylation sites is 2. The smallest absolute Gasteiger partial charge is 0.160 e. The SMILES string of the molecule is C1=CC2c3ccncc3-c3oc4ccccc4c3N(c3ccc4c(c3)nc(C3=CCCC=C3)n4-c3ccccc3)C2C=C1. The summed E-state index contributed by atoms with van der Waals surface area (Å²) in [5.74, 6) is 1.96. The van der Waals surface area contributed by atoms with E-state index in [1.807, 2.05) is 18.5 Å². The van der Waals surface area contributed by atoms with Crippen LogP contribution >= 0.6 is 0 Å². The summed E-state index contributed by atoms with van der Waals surface area (Å²) in [7, 11) is 0. The van der Waals surface area contributed by atoms with Crippen molar-refractivity contribution in [3.8, 4) is 17.0 Å². The lowest BCUT2D eigenvalue weighted by atomic mass is 9.86. The van der Waals surface area contributed by atoms with E-state index in [-0.39, 0.29) is 12.0 Å². The second kappa shape index (κ2) is 9.57. The molecule has 0 fully saturated rings. The van der Waals surface area contributed by atoms with Crippen molar-refractivity contribution < 1.29 is 4.42 Å². The van der Waals surface area contributed by atoms with Gasteiger partial charge in [-0.15, -0.1) is 0 Å². The molecule has 2 atom stereocenters. The number of hydrogen-bond donors (Lipinski definition) is 0. The van der Waals surface area contributed by atoms with Crippen LogP contribution in [0.1, 0.15) is 30.1 Å². The van der Waals surface area contributed by atoms with Gasteiger partial charge in [-0.1, -0.05) is 72.9 Å². The molecule has 2 aliphatic carbocycles. The van der Waals surface area contributed by atoms with Gasteiger partial charge in [-0.3, -0.25) is 9.55 Å². The van der Waals surface area contributed by atoms with E-state index in [1.54, 1.807) is 0 Å². The zero-order chi connectivity index (χ0) is 28.3. The minimum atomic E-state index is 0.0468. The Balaban J connectivity index is 1.31. The van der Waals surface area contributed by atoms with E-state index in [0.29, 0.717) is 0 Å². The first-order chi connectivity index (χ1) is 21.3. The molecule has 43 heavy (non-hydrogen) atoms. The van der Waals surface area contributed by atoms with Gasteiger partial charge in [0.2, 0.25) is 0 Å². The average Bonchev–Trinajstić information content (AvgIpc) is 3.62. The molecule has 0 N–H and O–H groups in total. The number of aromatic nitrogens is 3. The van der Waals surface area contributed by atoms with Crippen molar-refractivity contribution >= 4 is 39.0 Å². The molecule has 206 valence electrons. The van der Waals surface area contributed by atoms with Gasteiger partial charge in [0.15, 0.2) is 5.76 Å². The highest BCUT2D eigenvalue weighted by Gasteiger charge is 2.38. The number of nitrogens with zero attached hydrogens (tertiary/aromatic N) is 4. The predicted octanol–water partition coefficient (Wildman–Crippen LogP) is 9.30. The van der Waals surface area contributed by atoms with Crippen LogP contribution in [0, 0.1) is 0 Å². The average molecular weight is 557 g/mol. The molecular formula is C38H28N4O. The van der Waals surface area contributed by atoms with Gasteiger partial charge >= 0.3 is 0 Å². The number of allylic oxidation sites excluding steroid dienone is 6. The summed E-state index contributed by atoms with van der Waals surface area (Å²) in [6.45, 7) is 0. The van der Waals surface area contributed by atoms with E-state index in [0.717, 1.165) is 74.6 Å². The van der Waals surface area contributed by atoms with Crippen molar-refractivity contribution in [2.75, 3.05) is 4.90 Å². The maximum Gasteiger partial charge on any atom is 0.160 e. The summed E-state index contributed by atoms with van der Waals surface area (Å²) < 4.78 is 8.92. The van der Waals surface area contributed by atoms with Gasteiger partial charge in [0.05, 0.1) is 22.8 Å². The van der Waals surface area contributed by atoms with E-state index in [1.165, 1.54) is 5.56 Å². The lowest BCUT2D eigenvalue weighted by Crippen LogP contribution is -2.34. The Labute approximate surface area is 249 Å². The van der Waals surface area contributed by atoms with Crippen LogP contribution in [0.4, 0.5) is 11.4 Å². The summed E-state index contributed by atoms with van der Waals surface area (Å²) in [4.78, 5) is 12.3. The molecule has 0 amide bonds. The van der Waals surface area contributed by atoms with Crippen molar-refractivity contribution in [3.63, 3.8) is 0 Å². The van der Waals surface area contributed by atoms with Crippen molar-refractivity contribution in [1.82, 2.24) is 14.5 Å². The van der Waals surface area contributed by atoms with Gasteiger partial charge in [0.1, 0.15) is 11.4 Å². The standard InChI is InChI=1S/C38H28N4O/c1-3-11-25(12-4-1)38-40-32-23-27(19-20-34(32)42(38)26-13-5-2-6-14-26)41-33-17-9-7-15-29(33)28-21-22-39-24-31(28)37-36(41)30-16-8-10-18-35(30)43-37/h2-3,5-24,29,33H,1,4H2. The van der Waals surface area contributed by atoms with Crippen molar-refractivity contribution in [3.05, 3.63) is 145 Å². The van der Waals surface area contributed by atoms with Gasteiger partial charge in [0, 0.05) is 46.2 Å². The molecule has 4 heterocycles. The number of rotatable bonds is 3. The van der Waals surface area contributed by atoms with Crippen LogP contribution in [0.15, 0.2) is 138 Å². The maximum absolute atomic E-state index is 6.64. The van der Waals surface area contributed by atoms with Crippen LogP contribution < -0.4 is 4.90 Å². The minimum Gasteiger partial charge on any atom is -0.454 e. The van der Waals surface area contributed by atoms with Crippen molar-refractivity contribution in [2.45, 2.75) is 24.8 Å². The lowest BCUT2D eigenvalue weighted by molar-refractivity contribution is 0.631. The van der Waals surface area contributed by atoms with Crippen LogP contribution in [0.3, 0.4) is 0 Å². The largest absolute Gasteiger partial charge is 0.454 e. The molecule has 5 nitrogen and oxygen atoms in total. The Kier molecular flexibility index (Phi) is 5.38. The van der Waals surface area contributed by atoms with E-state index < -0.39 is 0 Å². The van der Waals surface area contributed by atoms with Crippen LogP contribution in [0.5, 0.6) is 0 Å². The Hall–Kier alpha value is -5.42. The Morgan fingerprint density at radius 1 is 0.837 bits per heavy atom. The number of pyridine rings is 1. The van der Waals surface area contributed by atoms with Crippen LogP contribution in [0.25, 0.3) is 44.6 Å². The molecule has 0 saturated heterocycles. The molecule has 2 unspecified atom stereocenters. The predicted molar refractivity (Wildman–Crippen MR) is 174 cm³/mol. The molecular weight excluding hydrogens is 528 g/mol. The third kappa shape index (κ3) is 3.71. The van der Waals surface area contributed by atoms with Gasteiger partial charge in [-0.05, 0) is 66.9 Å². The highest BCUT2D eigenvalue weighted by atomic mass is 16.3. The van der Waals surface area contributed by atoms with Gasteiger partial charge in [-0.2, -0.15) is 0 Å². The lowest BCUT2D eigenvalue weighted by Gasteiger charge is -2.35. The van der Waals surface area contributed by atoms with Crippen molar-refractivity contribution in [2.24, 2.45) is 0 Å². The molecule has 0 saturated carbocycles. The molecule has 3 aromatic heterocycles. The normalized spacial score (nSPS) is 18.8. The van der Waals surface area contributed by atoms with Crippen LogP contribution in [0.2, 0.25) is 0 Å². The zero-order valence-corrected chi connectivity index (χ0v) is 23.5. The van der Waals surface area contributed by atoms with Gasteiger partial charge in [-0.25, -0.2) is 4.98 Å². The first-order valence-corrected chi connectivity index (χ1v) is 14.9. The van der Waals surface area contributed by atoms with E-state index >= 15 is 0 Å². The maximum atomic E-state index is 6.64. The number of furan rings is 1. The van der Waals surface area contributed by atoms with Crippen molar-refractivity contribution in [1.29, 1.82) is 0 Å². The number of hydrogen-bond acceptors (Lipinski definition) is 4. The summed E-state index contributed by atoms with van der Waals surface area (Å²) in [5, 5.41) is 1.09. The number of imidazole rings is 1. The summed E-state index contributed by atoms with van der Waals surface area (Å²) in [6, 6.07) is 27.7. The quantitative estimate of drug-likeness (QED) is 0.218. The molecule has 3 aliphatic rings. The molecule has 1 aliphatic heterocycles. The minimum absolute atomic E-state index is 0.0468. The molecule has 6 aromatic rings. The highest BCUT2D eigenvalue weighted by Crippen LogP contribution is 2.52. The third-order valence-corrected chi connectivity index (χ3v) is 8.86. The fourth-order valence-corrected chi connectivity index (χ4v) is 6.95. The van der Waals surface area contributed by atoms with E-state index in [4.69, 9.17) is 9.40 Å². The van der Waals surface area contributed by atoms with Crippen LogP contribution in [-0.4, -0.2) is 20.6 Å². The third-order valence-electron chi connectivity index (χ3n) is 8.86. The summed E-state index contributed by atoms with van der Waals surface area (Å²) in [5.41, 5.74) is 9.58. The fourth-order valence-electron chi connectivity index (χ4n) is 6.95.